The van der Waals surface area contributed by atoms with Gasteiger partial charge in [0.25, 0.3) is 0 Å². The van der Waals surface area contributed by atoms with Gasteiger partial charge in [0.1, 0.15) is 5.03 Å². The highest BCUT2D eigenvalue weighted by Gasteiger charge is 2.12. The number of nitrogens with one attached hydrogen (secondary N) is 1. The topological polar surface area (TPSA) is 41.1 Å². The van der Waals surface area contributed by atoms with Gasteiger partial charge in [-0.1, -0.05) is 0 Å². The van der Waals surface area contributed by atoms with Gasteiger partial charge in [-0.2, -0.15) is 0 Å². The molecule has 0 atom stereocenters. The van der Waals surface area contributed by atoms with E-state index in [1.165, 1.54) is 0 Å². The maximum Gasteiger partial charge on any atom is 0.226 e. The van der Waals surface area contributed by atoms with Gasteiger partial charge in [0, 0.05) is 32.4 Å². The van der Waals surface area contributed by atoms with Crippen molar-refractivity contribution in [1.29, 1.82) is 0 Å². The zero-order chi connectivity index (χ0) is 9.80. The van der Waals surface area contributed by atoms with Crippen molar-refractivity contribution in [3.63, 3.8) is 0 Å². The Bertz CT molecular complexity index is 299. The Balaban J connectivity index is 2.13. The maximum atomic E-state index is 4.46. The fourth-order valence-corrected chi connectivity index (χ4v) is 1.83. The first kappa shape index (κ1) is 9.73. The third kappa shape index (κ3) is 2.16. The summed E-state index contributed by atoms with van der Waals surface area (Å²) in [6.07, 6.45) is 3.86. The predicted octanol–water partition coefficient (Wildman–Crippen LogP) is 0.608. The molecule has 0 unspecified atom stereocenters. The molecule has 0 aromatic carbocycles. The number of rotatable bonds is 2. The molecule has 1 aliphatic heterocycles. The standard InChI is InChI=1S/C9H14N4S/c1-14-8-2-3-11-9(12-8)13-6-4-10-5-7-13/h2-3,10H,4-7H2,1H3. The van der Waals surface area contributed by atoms with Crippen LogP contribution in [0, 0.1) is 0 Å². The third-order valence-electron chi connectivity index (χ3n) is 2.23. The second-order valence-corrected chi connectivity index (χ2v) is 3.96. The molecule has 1 aliphatic rings. The van der Waals surface area contributed by atoms with Crippen molar-refractivity contribution in [2.24, 2.45) is 0 Å². The lowest BCUT2D eigenvalue weighted by Crippen LogP contribution is -2.44. The average Bonchev–Trinajstić information content (AvgIpc) is 2.30. The van der Waals surface area contributed by atoms with Gasteiger partial charge in [-0.15, -0.1) is 11.8 Å². The van der Waals surface area contributed by atoms with E-state index in [9.17, 15) is 0 Å². The molecule has 0 amide bonds. The van der Waals surface area contributed by atoms with Crippen LogP contribution >= 0.6 is 11.8 Å². The smallest absolute Gasteiger partial charge is 0.226 e. The Morgan fingerprint density at radius 1 is 1.43 bits per heavy atom. The van der Waals surface area contributed by atoms with E-state index in [1.54, 1.807) is 11.8 Å². The molecule has 0 aliphatic carbocycles. The largest absolute Gasteiger partial charge is 0.338 e. The minimum absolute atomic E-state index is 0.860. The molecule has 76 valence electrons. The van der Waals surface area contributed by atoms with Gasteiger partial charge in [-0.3, -0.25) is 0 Å². The Hall–Kier alpha value is -0.810. The fourth-order valence-electron chi connectivity index (χ4n) is 1.46. The zero-order valence-electron chi connectivity index (χ0n) is 8.23. The number of hydrogen-bond donors (Lipinski definition) is 1. The second kappa shape index (κ2) is 4.61. The summed E-state index contributed by atoms with van der Waals surface area (Å²) in [7, 11) is 0. The van der Waals surface area contributed by atoms with Gasteiger partial charge in [0.2, 0.25) is 5.95 Å². The van der Waals surface area contributed by atoms with Crippen LogP contribution in [-0.4, -0.2) is 42.4 Å². The van der Waals surface area contributed by atoms with Crippen LogP contribution < -0.4 is 10.2 Å². The molecular formula is C9H14N4S. The van der Waals surface area contributed by atoms with Crippen molar-refractivity contribution in [2.45, 2.75) is 5.03 Å². The van der Waals surface area contributed by atoms with Crippen molar-refractivity contribution >= 4 is 17.7 Å². The number of nitrogens with zero attached hydrogens (tertiary/aromatic N) is 3. The van der Waals surface area contributed by atoms with Crippen molar-refractivity contribution in [1.82, 2.24) is 15.3 Å². The lowest BCUT2D eigenvalue weighted by molar-refractivity contribution is 0.578. The summed E-state index contributed by atoms with van der Waals surface area (Å²) >= 11 is 1.65. The summed E-state index contributed by atoms with van der Waals surface area (Å²) in [5.74, 6) is 0.860. The molecule has 0 saturated carbocycles. The molecule has 1 aromatic heterocycles. The summed E-state index contributed by atoms with van der Waals surface area (Å²) in [6, 6.07) is 1.94. The highest BCUT2D eigenvalue weighted by atomic mass is 32.2. The van der Waals surface area contributed by atoms with E-state index in [2.05, 4.69) is 20.2 Å². The molecular weight excluding hydrogens is 196 g/mol. The van der Waals surface area contributed by atoms with E-state index in [4.69, 9.17) is 0 Å². The zero-order valence-corrected chi connectivity index (χ0v) is 9.05. The molecule has 0 bridgehead atoms. The molecule has 2 rings (SSSR count). The number of hydrogen-bond acceptors (Lipinski definition) is 5. The maximum absolute atomic E-state index is 4.46. The summed E-state index contributed by atoms with van der Waals surface area (Å²) in [4.78, 5) is 11.0. The van der Waals surface area contributed by atoms with Crippen molar-refractivity contribution in [2.75, 3.05) is 37.3 Å². The molecule has 0 spiro atoms. The molecule has 5 heteroatoms. The van der Waals surface area contributed by atoms with Crippen LogP contribution in [0.3, 0.4) is 0 Å². The lowest BCUT2D eigenvalue weighted by Gasteiger charge is -2.27. The number of thioether (sulfide) groups is 1. The molecule has 1 saturated heterocycles. The van der Waals surface area contributed by atoms with Crippen LogP contribution in [0.5, 0.6) is 0 Å². The summed E-state index contributed by atoms with van der Waals surface area (Å²) < 4.78 is 0. The summed E-state index contributed by atoms with van der Waals surface area (Å²) in [6.45, 7) is 4.04. The van der Waals surface area contributed by atoms with Crippen LogP contribution in [0.4, 0.5) is 5.95 Å². The number of piperazine rings is 1. The SMILES string of the molecule is CSc1ccnc(N2CCNCC2)n1. The van der Waals surface area contributed by atoms with Gasteiger partial charge >= 0.3 is 0 Å². The van der Waals surface area contributed by atoms with E-state index in [-0.39, 0.29) is 0 Å². The van der Waals surface area contributed by atoms with E-state index < -0.39 is 0 Å². The Morgan fingerprint density at radius 3 is 2.93 bits per heavy atom. The first-order valence-electron chi connectivity index (χ1n) is 4.73. The van der Waals surface area contributed by atoms with Crippen LogP contribution in [0.2, 0.25) is 0 Å². The van der Waals surface area contributed by atoms with E-state index >= 15 is 0 Å². The average molecular weight is 210 g/mol. The van der Waals surface area contributed by atoms with Crippen LogP contribution in [0.25, 0.3) is 0 Å². The minimum atomic E-state index is 0.860. The third-order valence-corrected chi connectivity index (χ3v) is 2.87. The normalized spacial score (nSPS) is 17.1. The molecule has 14 heavy (non-hydrogen) atoms. The van der Waals surface area contributed by atoms with Gasteiger partial charge in [0.15, 0.2) is 0 Å². The fraction of sp³-hybridized carbons (Fsp3) is 0.556. The molecule has 4 nitrogen and oxygen atoms in total. The Morgan fingerprint density at radius 2 is 2.21 bits per heavy atom. The van der Waals surface area contributed by atoms with Crippen molar-refractivity contribution < 1.29 is 0 Å². The first-order chi connectivity index (χ1) is 6.90. The Kier molecular flexibility index (Phi) is 3.21. The monoisotopic (exact) mass is 210 g/mol. The molecule has 1 N–H and O–H groups in total. The molecule has 0 radical (unpaired) electrons. The Labute approximate surface area is 88.1 Å². The second-order valence-electron chi connectivity index (χ2n) is 3.14. The van der Waals surface area contributed by atoms with E-state index in [1.807, 2.05) is 18.5 Å². The van der Waals surface area contributed by atoms with Crippen LogP contribution in [0.1, 0.15) is 0 Å². The number of aromatic nitrogens is 2. The lowest BCUT2D eigenvalue weighted by atomic mass is 10.4. The minimum Gasteiger partial charge on any atom is -0.338 e. The van der Waals surface area contributed by atoms with Gasteiger partial charge in [0.05, 0.1) is 0 Å². The summed E-state index contributed by atoms with van der Waals surface area (Å²) in [5, 5.41) is 4.35. The highest BCUT2D eigenvalue weighted by molar-refractivity contribution is 7.98. The predicted molar refractivity (Wildman–Crippen MR) is 58.9 cm³/mol. The van der Waals surface area contributed by atoms with Gasteiger partial charge < -0.3 is 10.2 Å². The number of anilines is 1. The van der Waals surface area contributed by atoms with Crippen LogP contribution in [0.15, 0.2) is 17.3 Å². The van der Waals surface area contributed by atoms with Crippen molar-refractivity contribution in [3.05, 3.63) is 12.3 Å². The van der Waals surface area contributed by atoms with E-state index in [0.717, 1.165) is 37.2 Å². The first-order valence-corrected chi connectivity index (χ1v) is 5.95. The van der Waals surface area contributed by atoms with E-state index in [0.29, 0.717) is 0 Å². The van der Waals surface area contributed by atoms with Crippen LogP contribution in [-0.2, 0) is 0 Å². The quantitative estimate of drug-likeness (QED) is 0.572. The van der Waals surface area contributed by atoms with Gasteiger partial charge in [-0.25, -0.2) is 9.97 Å². The molecule has 2 heterocycles. The molecule has 1 aromatic rings. The highest BCUT2D eigenvalue weighted by Crippen LogP contribution is 2.14. The summed E-state index contributed by atoms with van der Waals surface area (Å²) in [5.41, 5.74) is 0. The van der Waals surface area contributed by atoms with Gasteiger partial charge in [-0.05, 0) is 12.3 Å². The molecule has 1 fully saturated rings. The van der Waals surface area contributed by atoms with Crippen molar-refractivity contribution in [3.8, 4) is 0 Å².